The topological polar surface area (TPSA) is 146 Å². The lowest BCUT2D eigenvalue weighted by Gasteiger charge is -2.10. The van der Waals surface area contributed by atoms with E-state index >= 15 is 0 Å². The number of hydrogen-bond donors (Lipinski definition) is 2. The summed E-state index contributed by atoms with van der Waals surface area (Å²) in [5.74, 6) is -3.26. The average Bonchev–Trinajstić information content (AvgIpc) is 2.16. The second kappa shape index (κ2) is 4.51. The Bertz CT molecular complexity index is 628. The summed E-state index contributed by atoms with van der Waals surface area (Å²) >= 11 is 0. The normalized spacial score (nSPS) is 12.2. The van der Waals surface area contributed by atoms with Crippen molar-refractivity contribution in [2.75, 3.05) is 0 Å². The van der Waals surface area contributed by atoms with Crippen molar-refractivity contribution >= 4 is 15.7 Å². The Morgan fingerprint density at radius 2 is 2.00 bits per heavy atom. The first kappa shape index (κ1) is 14.9. The van der Waals surface area contributed by atoms with Crippen molar-refractivity contribution in [3.8, 4) is 11.6 Å². The Morgan fingerprint density at radius 1 is 1.47 bits per heavy atom. The van der Waals surface area contributed by atoms with E-state index in [1.807, 2.05) is 0 Å². The van der Waals surface area contributed by atoms with Gasteiger partial charge in [0.25, 0.3) is 21.7 Å². The average molecular weight is 303 g/mol. The quantitative estimate of drug-likeness (QED) is 0.600. The van der Waals surface area contributed by atoms with E-state index in [9.17, 15) is 31.7 Å². The predicted molar refractivity (Wildman–Crippen MR) is 50.6 cm³/mol. The number of ether oxygens (including phenoxy) is 1. The number of nitrogens with two attached hydrogens (primary N) is 1. The minimum atomic E-state index is -5.34. The molecule has 0 fully saturated rings. The van der Waals surface area contributed by atoms with Crippen LogP contribution in [-0.4, -0.2) is 29.8 Å². The molecule has 1 aromatic heterocycles. The molecule has 0 aromatic carbocycles. The second-order valence-corrected chi connectivity index (χ2v) is 4.49. The molecule has 9 nitrogen and oxygen atoms in total. The number of aromatic hydroxyl groups is 1. The van der Waals surface area contributed by atoms with Gasteiger partial charge in [-0.3, -0.25) is 10.1 Å². The maximum absolute atomic E-state index is 12.0. The second-order valence-electron chi connectivity index (χ2n) is 2.98. The van der Waals surface area contributed by atoms with Gasteiger partial charge in [-0.2, -0.15) is 4.98 Å². The number of alkyl halides is 3. The molecule has 106 valence electrons. The fourth-order valence-corrected chi connectivity index (χ4v) is 1.43. The van der Waals surface area contributed by atoms with Gasteiger partial charge in [-0.25, -0.2) is 13.6 Å². The predicted octanol–water partition coefficient (Wildman–Crippen LogP) is 0.241. The van der Waals surface area contributed by atoms with Crippen LogP contribution in [0.25, 0.3) is 0 Å². The summed E-state index contributed by atoms with van der Waals surface area (Å²) in [6.45, 7) is 0. The maximum atomic E-state index is 12.0. The fourth-order valence-electron chi connectivity index (χ4n) is 0.946. The highest BCUT2D eigenvalue weighted by atomic mass is 32.2. The van der Waals surface area contributed by atoms with Crippen molar-refractivity contribution in [1.82, 2.24) is 4.98 Å². The summed E-state index contributed by atoms with van der Waals surface area (Å²) in [6.07, 6.45) is -5.34. The van der Waals surface area contributed by atoms with Gasteiger partial charge in [-0.05, 0) is 0 Å². The number of halogens is 3. The number of aromatic nitrogens is 1. The zero-order valence-corrected chi connectivity index (χ0v) is 9.40. The van der Waals surface area contributed by atoms with Crippen molar-refractivity contribution in [3.05, 3.63) is 16.2 Å². The van der Waals surface area contributed by atoms with E-state index in [2.05, 4.69) is 14.9 Å². The van der Waals surface area contributed by atoms with E-state index in [0.717, 1.165) is 0 Å². The molecule has 0 unspecified atom stereocenters. The number of hydrogen-bond acceptors (Lipinski definition) is 7. The maximum Gasteiger partial charge on any atom is 0.574 e. The van der Waals surface area contributed by atoms with Crippen molar-refractivity contribution in [2.45, 2.75) is 11.4 Å². The lowest BCUT2D eigenvalue weighted by Crippen LogP contribution is -2.20. The van der Waals surface area contributed by atoms with Crippen LogP contribution in [0.2, 0.25) is 0 Å². The van der Waals surface area contributed by atoms with E-state index in [0.29, 0.717) is 0 Å². The van der Waals surface area contributed by atoms with Gasteiger partial charge >= 0.3 is 12.0 Å². The van der Waals surface area contributed by atoms with Crippen LogP contribution < -0.4 is 9.88 Å². The lowest BCUT2D eigenvalue weighted by molar-refractivity contribution is -0.386. The standard InChI is InChI=1S/C6H4F3N3O6S/c7-6(8,9)18-5-4(13)2(12(14)15)1-3(11-5)19(10,16)17/h1,13H,(H2,10,16,17). The smallest absolute Gasteiger partial charge is 0.498 e. The Kier molecular flexibility index (Phi) is 3.54. The molecule has 3 N–H and O–H groups in total. The third-order valence-corrected chi connectivity index (χ3v) is 2.41. The van der Waals surface area contributed by atoms with E-state index < -0.39 is 43.7 Å². The van der Waals surface area contributed by atoms with Crippen molar-refractivity contribution in [1.29, 1.82) is 0 Å². The molecule has 0 saturated carbocycles. The summed E-state index contributed by atoms with van der Waals surface area (Å²) < 4.78 is 60.9. The molecule has 0 bridgehead atoms. The zero-order chi connectivity index (χ0) is 15.0. The van der Waals surface area contributed by atoms with Gasteiger partial charge < -0.3 is 9.84 Å². The van der Waals surface area contributed by atoms with Gasteiger partial charge in [0, 0.05) is 0 Å². The minimum Gasteiger partial charge on any atom is -0.498 e. The van der Waals surface area contributed by atoms with Crippen molar-refractivity contribution in [2.24, 2.45) is 5.14 Å². The molecule has 1 heterocycles. The largest absolute Gasteiger partial charge is 0.574 e. The molecule has 0 saturated heterocycles. The summed E-state index contributed by atoms with van der Waals surface area (Å²) in [5, 5.41) is 22.9. The van der Waals surface area contributed by atoms with Crippen molar-refractivity contribution < 1.29 is 36.4 Å². The molecule has 0 aliphatic heterocycles. The van der Waals surface area contributed by atoms with Gasteiger partial charge in [0.2, 0.25) is 0 Å². The Labute approximate surface area is 102 Å². The number of primary sulfonamides is 1. The Balaban J connectivity index is 3.54. The monoisotopic (exact) mass is 303 g/mol. The van der Waals surface area contributed by atoms with Crippen LogP contribution in [-0.2, 0) is 10.0 Å². The van der Waals surface area contributed by atoms with Crippen LogP contribution in [0.1, 0.15) is 0 Å². The molecule has 1 aromatic rings. The van der Waals surface area contributed by atoms with Gasteiger partial charge in [-0.1, -0.05) is 0 Å². The highest BCUT2D eigenvalue weighted by Gasteiger charge is 2.36. The van der Waals surface area contributed by atoms with Crippen LogP contribution in [0, 0.1) is 10.1 Å². The molecule has 0 spiro atoms. The van der Waals surface area contributed by atoms with Crippen LogP contribution in [0.4, 0.5) is 18.9 Å². The number of rotatable bonds is 3. The molecule has 0 aliphatic rings. The first-order chi connectivity index (χ1) is 8.42. The lowest BCUT2D eigenvalue weighted by atomic mass is 10.4. The van der Waals surface area contributed by atoms with E-state index in [-0.39, 0.29) is 6.07 Å². The molecular formula is C6H4F3N3O6S. The number of nitrogens with zero attached hydrogens (tertiary/aromatic N) is 2. The number of nitro groups is 1. The SMILES string of the molecule is NS(=O)(=O)c1cc([N+](=O)[O-])c(O)c(OC(F)(F)F)n1. The molecule has 19 heavy (non-hydrogen) atoms. The van der Waals surface area contributed by atoms with Crippen LogP contribution in [0.15, 0.2) is 11.1 Å². The Hall–Kier alpha value is -2.15. The van der Waals surface area contributed by atoms with E-state index in [1.165, 1.54) is 0 Å². The summed E-state index contributed by atoms with van der Waals surface area (Å²) in [7, 11) is -4.63. The van der Waals surface area contributed by atoms with Gasteiger partial charge in [0.15, 0.2) is 5.03 Å². The van der Waals surface area contributed by atoms with E-state index in [4.69, 9.17) is 5.11 Å². The molecule has 0 radical (unpaired) electrons. The van der Waals surface area contributed by atoms with Gasteiger partial charge in [0.05, 0.1) is 11.0 Å². The van der Waals surface area contributed by atoms with Crippen LogP contribution >= 0.6 is 0 Å². The molecule has 0 amide bonds. The van der Waals surface area contributed by atoms with Gasteiger partial charge in [-0.15, -0.1) is 13.2 Å². The third kappa shape index (κ3) is 3.65. The molecule has 0 aliphatic carbocycles. The van der Waals surface area contributed by atoms with E-state index in [1.54, 1.807) is 0 Å². The molecule has 1 rings (SSSR count). The first-order valence-electron chi connectivity index (χ1n) is 4.09. The number of pyridine rings is 1. The van der Waals surface area contributed by atoms with Crippen LogP contribution in [0.5, 0.6) is 11.6 Å². The van der Waals surface area contributed by atoms with Gasteiger partial charge in [0.1, 0.15) is 0 Å². The van der Waals surface area contributed by atoms with Crippen LogP contribution in [0.3, 0.4) is 0 Å². The number of sulfonamides is 1. The summed E-state index contributed by atoms with van der Waals surface area (Å²) in [4.78, 5) is 11.9. The summed E-state index contributed by atoms with van der Waals surface area (Å²) in [6, 6.07) is 0.202. The van der Waals surface area contributed by atoms with Crippen molar-refractivity contribution in [3.63, 3.8) is 0 Å². The summed E-state index contributed by atoms with van der Waals surface area (Å²) in [5.41, 5.74) is -1.35. The Morgan fingerprint density at radius 3 is 2.37 bits per heavy atom. The first-order valence-corrected chi connectivity index (χ1v) is 5.63. The zero-order valence-electron chi connectivity index (χ0n) is 8.58. The molecule has 13 heteroatoms. The minimum absolute atomic E-state index is 0.202. The molecule has 0 atom stereocenters. The highest BCUT2D eigenvalue weighted by Crippen LogP contribution is 2.38. The highest BCUT2D eigenvalue weighted by molar-refractivity contribution is 7.89. The molecular weight excluding hydrogens is 299 g/mol. The third-order valence-electron chi connectivity index (χ3n) is 1.62. The fraction of sp³-hybridized carbons (Fsp3) is 0.167.